The Bertz CT molecular complexity index is 965. The highest BCUT2D eigenvalue weighted by atomic mass is 32.1. The largest absolute Gasteiger partial charge is 0.376 e. The predicted octanol–water partition coefficient (Wildman–Crippen LogP) is 4.00. The van der Waals surface area contributed by atoms with Gasteiger partial charge in [0.1, 0.15) is 0 Å². The Labute approximate surface area is 151 Å². The molecule has 2 aliphatic rings. The molecule has 1 amide bonds. The average Bonchev–Trinajstić information content (AvgIpc) is 3.28. The van der Waals surface area contributed by atoms with Gasteiger partial charge in [0.25, 0.3) is 0 Å². The van der Waals surface area contributed by atoms with Gasteiger partial charge in [-0.05, 0) is 58.9 Å². The number of fused-ring (bicyclic) bond motifs is 1. The second-order valence-electron chi connectivity index (χ2n) is 6.90. The number of thiophene rings is 1. The molecule has 1 aromatic heterocycles. The van der Waals surface area contributed by atoms with Crippen LogP contribution in [0.25, 0.3) is 10.8 Å². The number of nitrogens with zero attached hydrogens (tertiary/aromatic N) is 1. The Morgan fingerprint density at radius 3 is 2.84 bits per heavy atom. The molecule has 126 valence electrons. The van der Waals surface area contributed by atoms with Gasteiger partial charge in [-0.1, -0.05) is 24.3 Å². The minimum atomic E-state index is 0.181. The van der Waals surface area contributed by atoms with Crippen LogP contribution in [0.3, 0.4) is 0 Å². The molecule has 2 heterocycles. The molecule has 5 rings (SSSR count). The fraction of sp³-hybridized carbons (Fsp3) is 0.286. The van der Waals surface area contributed by atoms with Crippen LogP contribution in [0.2, 0.25) is 0 Å². The third-order valence-corrected chi connectivity index (χ3v) is 6.49. The van der Waals surface area contributed by atoms with E-state index >= 15 is 0 Å². The number of amides is 1. The first kappa shape index (κ1) is 15.0. The lowest BCUT2D eigenvalue weighted by atomic mass is 10.0. The Kier molecular flexibility index (Phi) is 3.52. The van der Waals surface area contributed by atoms with Gasteiger partial charge in [-0.2, -0.15) is 0 Å². The lowest BCUT2D eigenvalue weighted by Gasteiger charge is -2.27. The van der Waals surface area contributed by atoms with Crippen molar-refractivity contribution in [3.8, 4) is 0 Å². The van der Waals surface area contributed by atoms with E-state index in [0.29, 0.717) is 6.54 Å². The fourth-order valence-electron chi connectivity index (χ4n) is 4.14. The van der Waals surface area contributed by atoms with Crippen LogP contribution in [0.1, 0.15) is 21.6 Å². The first-order valence-electron chi connectivity index (χ1n) is 8.90. The van der Waals surface area contributed by atoms with Crippen LogP contribution in [0, 0.1) is 0 Å². The molecule has 3 aromatic rings. The van der Waals surface area contributed by atoms with Crippen molar-refractivity contribution in [2.45, 2.75) is 25.8 Å². The molecule has 1 aliphatic carbocycles. The third kappa shape index (κ3) is 2.52. The second-order valence-corrected chi connectivity index (χ2v) is 7.90. The fourth-order valence-corrected chi connectivity index (χ4v) is 5.03. The number of carbonyl (C=O) groups is 1. The normalized spacial score (nSPS) is 15.4. The number of hydrogen-bond acceptors (Lipinski definition) is 3. The Hall–Kier alpha value is -2.33. The van der Waals surface area contributed by atoms with Crippen LogP contribution in [-0.4, -0.2) is 23.9 Å². The third-order valence-electron chi connectivity index (χ3n) is 5.47. The van der Waals surface area contributed by atoms with E-state index in [4.69, 9.17) is 0 Å². The van der Waals surface area contributed by atoms with Crippen molar-refractivity contribution < 1.29 is 4.79 Å². The smallest absolute Gasteiger partial charge is 0.242 e. The van der Waals surface area contributed by atoms with E-state index in [1.54, 1.807) is 11.3 Å². The minimum Gasteiger partial charge on any atom is -0.376 e. The maximum absolute atomic E-state index is 12.7. The molecule has 0 radical (unpaired) electrons. The van der Waals surface area contributed by atoms with Crippen LogP contribution < -0.4 is 5.32 Å². The van der Waals surface area contributed by atoms with Crippen LogP contribution in [0.5, 0.6) is 0 Å². The van der Waals surface area contributed by atoms with E-state index in [-0.39, 0.29) is 5.91 Å². The molecule has 4 heteroatoms. The van der Waals surface area contributed by atoms with Gasteiger partial charge in [-0.15, -0.1) is 11.3 Å². The highest BCUT2D eigenvalue weighted by Gasteiger charge is 2.21. The summed E-state index contributed by atoms with van der Waals surface area (Å²) < 4.78 is 0. The van der Waals surface area contributed by atoms with Gasteiger partial charge in [0, 0.05) is 29.0 Å². The number of hydrogen-bond donors (Lipinski definition) is 1. The molecular formula is C21H20N2OS. The lowest BCUT2D eigenvalue weighted by Crippen LogP contribution is -2.38. The van der Waals surface area contributed by atoms with Crippen molar-refractivity contribution in [1.29, 1.82) is 0 Å². The molecule has 0 bridgehead atoms. The van der Waals surface area contributed by atoms with Gasteiger partial charge < -0.3 is 10.2 Å². The van der Waals surface area contributed by atoms with Gasteiger partial charge in [0.2, 0.25) is 5.91 Å². The van der Waals surface area contributed by atoms with E-state index in [2.05, 4.69) is 47.1 Å². The lowest BCUT2D eigenvalue weighted by molar-refractivity contribution is -0.130. The van der Waals surface area contributed by atoms with Crippen molar-refractivity contribution >= 4 is 33.7 Å². The summed E-state index contributed by atoms with van der Waals surface area (Å²) in [7, 11) is 0. The number of anilines is 1. The summed E-state index contributed by atoms with van der Waals surface area (Å²) in [5.41, 5.74) is 5.26. The van der Waals surface area contributed by atoms with Crippen molar-refractivity contribution in [2.24, 2.45) is 0 Å². The van der Waals surface area contributed by atoms with E-state index in [0.717, 1.165) is 38.0 Å². The first-order valence-corrected chi connectivity index (χ1v) is 9.78. The van der Waals surface area contributed by atoms with E-state index < -0.39 is 0 Å². The van der Waals surface area contributed by atoms with E-state index in [9.17, 15) is 4.79 Å². The molecule has 0 saturated carbocycles. The van der Waals surface area contributed by atoms with Gasteiger partial charge in [-0.3, -0.25) is 4.79 Å². The molecule has 0 unspecified atom stereocenters. The Morgan fingerprint density at radius 2 is 1.92 bits per heavy atom. The van der Waals surface area contributed by atoms with Gasteiger partial charge >= 0.3 is 0 Å². The molecule has 2 aromatic carbocycles. The summed E-state index contributed by atoms with van der Waals surface area (Å²) in [6, 6.07) is 13.0. The Morgan fingerprint density at radius 1 is 1.04 bits per heavy atom. The SMILES string of the molecule is O=C(CNc1ccc2c3c(cccc13)CC2)N1CCc2sccc2C1. The number of carbonyl (C=O) groups excluding carboxylic acids is 1. The minimum absolute atomic E-state index is 0.181. The van der Waals surface area contributed by atoms with Gasteiger partial charge in [0.05, 0.1) is 6.54 Å². The predicted molar refractivity (Wildman–Crippen MR) is 103 cm³/mol. The molecule has 0 atom stereocenters. The second kappa shape index (κ2) is 5.88. The van der Waals surface area contributed by atoms with Crippen LogP contribution >= 0.6 is 11.3 Å². The monoisotopic (exact) mass is 348 g/mol. The zero-order valence-electron chi connectivity index (χ0n) is 14.0. The van der Waals surface area contributed by atoms with Crippen molar-refractivity contribution in [3.05, 3.63) is 63.3 Å². The summed E-state index contributed by atoms with van der Waals surface area (Å²) in [4.78, 5) is 16.1. The maximum atomic E-state index is 12.7. The summed E-state index contributed by atoms with van der Waals surface area (Å²) in [5, 5.41) is 8.16. The van der Waals surface area contributed by atoms with Crippen molar-refractivity contribution in [3.63, 3.8) is 0 Å². The number of rotatable bonds is 3. The molecule has 0 spiro atoms. The van der Waals surface area contributed by atoms with Crippen molar-refractivity contribution in [2.75, 3.05) is 18.4 Å². The molecule has 3 nitrogen and oxygen atoms in total. The standard InChI is InChI=1S/C21H20N2OS/c24-20(23-10-8-19-16(13-23)9-11-25-19)12-22-18-7-6-15-5-4-14-2-1-3-17(18)21(14)15/h1-3,6-7,9,11,22H,4-5,8,10,12-13H2. The topological polar surface area (TPSA) is 32.3 Å². The van der Waals surface area contributed by atoms with Crippen molar-refractivity contribution in [1.82, 2.24) is 4.90 Å². The number of benzene rings is 2. The zero-order valence-corrected chi connectivity index (χ0v) is 14.9. The van der Waals surface area contributed by atoms with Gasteiger partial charge in [0.15, 0.2) is 0 Å². The molecule has 1 N–H and O–H groups in total. The van der Waals surface area contributed by atoms with Gasteiger partial charge in [-0.25, -0.2) is 0 Å². The highest BCUT2D eigenvalue weighted by Crippen LogP contribution is 2.35. The molecule has 25 heavy (non-hydrogen) atoms. The zero-order chi connectivity index (χ0) is 16.8. The highest BCUT2D eigenvalue weighted by molar-refractivity contribution is 7.10. The van der Waals surface area contributed by atoms with E-state index in [1.165, 1.54) is 32.3 Å². The summed E-state index contributed by atoms with van der Waals surface area (Å²) in [5.74, 6) is 0.181. The number of nitrogens with one attached hydrogen (secondary N) is 1. The van der Waals surface area contributed by atoms with Crippen LogP contribution in [0.15, 0.2) is 41.8 Å². The summed E-state index contributed by atoms with van der Waals surface area (Å²) in [6.45, 7) is 1.94. The van der Waals surface area contributed by atoms with Crippen LogP contribution in [0.4, 0.5) is 5.69 Å². The maximum Gasteiger partial charge on any atom is 0.242 e. The van der Waals surface area contributed by atoms with Crippen LogP contribution in [-0.2, 0) is 30.6 Å². The molecule has 1 aliphatic heterocycles. The Balaban J connectivity index is 1.34. The molecule has 0 fully saturated rings. The first-order chi connectivity index (χ1) is 12.3. The summed E-state index contributed by atoms with van der Waals surface area (Å²) in [6.07, 6.45) is 3.25. The quantitative estimate of drug-likeness (QED) is 0.776. The number of aryl methyl sites for hydroxylation is 2. The summed E-state index contributed by atoms with van der Waals surface area (Å²) >= 11 is 1.81. The average molecular weight is 348 g/mol. The molecule has 0 saturated heterocycles. The molecular weight excluding hydrogens is 328 g/mol. The van der Waals surface area contributed by atoms with E-state index in [1.807, 2.05) is 4.90 Å².